The van der Waals surface area contributed by atoms with Crippen LogP contribution in [-0.4, -0.2) is 7.05 Å². The van der Waals surface area contributed by atoms with Crippen LogP contribution in [-0.2, 0) is 0 Å². The molecule has 0 spiro atoms. The van der Waals surface area contributed by atoms with E-state index in [1.807, 2.05) is 0 Å². The second-order valence-electron chi connectivity index (χ2n) is 5.81. The largest absolute Gasteiger partial charge is 0.313 e. The minimum absolute atomic E-state index is 0.493. The normalized spacial score (nSPS) is 26.0. The first-order chi connectivity index (χ1) is 8.61. The Morgan fingerprint density at radius 2 is 1.89 bits per heavy atom. The lowest BCUT2D eigenvalue weighted by Gasteiger charge is -2.33. The molecule has 0 bridgehead atoms. The molecular weight excluding hydrogens is 286 g/mol. The van der Waals surface area contributed by atoms with Crippen LogP contribution in [0.1, 0.15) is 49.8 Å². The highest BCUT2D eigenvalue weighted by Crippen LogP contribution is 2.38. The number of rotatable bonds is 3. The van der Waals surface area contributed by atoms with Crippen LogP contribution < -0.4 is 5.32 Å². The predicted molar refractivity (Wildman–Crippen MR) is 81.8 cm³/mol. The third kappa shape index (κ3) is 3.16. The Balaban J connectivity index is 2.17. The van der Waals surface area contributed by atoms with Crippen molar-refractivity contribution in [3.8, 4) is 0 Å². The van der Waals surface area contributed by atoms with Gasteiger partial charge in [0.1, 0.15) is 0 Å². The van der Waals surface area contributed by atoms with Crippen molar-refractivity contribution in [1.29, 1.82) is 0 Å². The molecule has 0 radical (unpaired) electrons. The van der Waals surface area contributed by atoms with Crippen molar-refractivity contribution in [2.24, 2.45) is 11.8 Å². The Kier molecular flexibility index (Phi) is 4.85. The summed E-state index contributed by atoms with van der Waals surface area (Å²) in [7, 11) is 2.09. The first kappa shape index (κ1) is 14.1. The quantitative estimate of drug-likeness (QED) is 0.842. The highest BCUT2D eigenvalue weighted by molar-refractivity contribution is 9.10. The molecule has 1 aromatic rings. The topological polar surface area (TPSA) is 12.0 Å². The summed E-state index contributed by atoms with van der Waals surface area (Å²) in [6.45, 7) is 4.53. The summed E-state index contributed by atoms with van der Waals surface area (Å²) < 4.78 is 1.25. The molecule has 0 heterocycles. The predicted octanol–water partition coefficient (Wildman–Crippen LogP) is 4.84. The highest BCUT2D eigenvalue weighted by Gasteiger charge is 2.27. The molecule has 2 heteroatoms. The molecule has 1 fully saturated rings. The van der Waals surface area contributed by atoms with Crippen LogP contribution in [0.2, 0.25) is 0 Å². The molecule has 0 amide bonds. The van der Waals surface area contributed by atoms with E-state index in [4.69, 9.17) is 0 Å². The lowest BCUT2D eigenvalue weighted by molar-refractivity contribution is 0.237. The molecule has 100 valence electrons. The third-order valence-electron chi connectivity index (χ3n) is 4.33. The van der Waals surface area contributed by atoms with Gasteiger partial charge in [-0.05, 0) is 55.8 Å². The third-order valence-corrected chi connectivity index (χ3v) is 5.02. The van der Waals surface area contributed by atoms with Gasteiger partial charge in [-0.1, -0.05) is 47.8 Å². The van der Waals surface area contributed by atoms with E-state index < -0.39 is 0 Å². The molecule has 18 heavy (non-hydrogen) atoms. The average molecular weight is 310 g/mol. The van der Waals surface area contributed by atoms with E-state index in [-0.39, 0.29) is 0 Å². The zero-order valence-corrected chi connectivity index (χ0v) is 13.3. The van der Waals surface area contributed by atoms with Crippen LogP contribution >= 0.6 is 15.9 Å². The van der Waals surface area contributed by atoms with Gasteiger partial charge in [-0.25, -0.2) is 0 Å². The smallest absolute Gasteiger partial charge is 0.0357 e. The minimum Gasteiger partial charge on any atom is -0.313 e. The maximum Gasteiger partial charge on any atom is 0.0357 e. The first-order valence-corrected chi connectivity index (χ1v) is 7.84. The Morgan fingerprint density at radius 1 is 1.22 bits per heavy atom. The second-order valence-corrected chi connectivity index (χ2v) is 6.67. The lowest BCUT2D eigenvalue weighted by atomic mass is 9.77. The van der Waals surface area contributed by atoms with Crippen LogP contribution in [0.3, 0.4) is 0 Å². The molecule has 0 saturated heterocycles. The summed E-state index contributed by atoms with van der Waals surface area (Å²) >= 11 is 3.73. The highest BCUT2D eigenvalue weighted by atomic mass is 79.9. The van der Waals surface area contributed by atoms with Gasteiger partial charge in [0.15, 0.2) is 0 Å². The van der Waals surface area contributed by atoms with E-state index in [2.05, 4.69) is 60.3 Å². The fourth-order valence-corrected chi connectivity index (χ4v) is 3.89. The Morgan fingerprint density at radius 3 is 2.44 bits per heavy atom. The number of hydrogen-bond acceptors (Lipinski definition) is 1. The molecule has 2 rings (SSSR count). The SMILES string of the molecule is CNC(c1ccc(C)cc1Br)C1CCC(C)CC1. The summed E-state index contributed by atoms with van der Waals surface area (Å²) in [4.78, 5) is 0. The molecule has 0 aromatic heterocycles. The molecule has 1 unspecified atom stereocenters. The van der Waals surface area contributed by atoms with Crippen molar-refractivity contribution >= 4 is 15.9 Å². The number of nitrogens with one attached hydrogen (secondary N) is 1. The van der Waals surface area contributed by atoms with E-state index in [0.717, 1.165) is 11.8 Å². The molecule has 1 N–H and O–H groups in total. The number of aryl methyl sites for hydroxylation is 1. The molecule has 1 saturated carbocycles. The van der Waals surface area contributed by atoms with Gasteiger partial charge in [0.05, 0.1) is 0 Å². The second kappa shape index (κ2) is 6.21. The first-order valence-electron chi connectivity index (χ1n) is 7.05. The molecule has 0 aliphatic heterocycles. The van der Waals surface area contributed by atoms with Crippen molar-refractivity contribution in [1.82, 2.24) is 5.32 Å². The minimum atomic E-state index is 0.493. The molecular formula is C16H24BrN. The van der Waals surface area contributed by atoms with Gasteiger partial charge >= 0.3 is 0 Å². The van der Waals surface area contributed by atoms with Crippen molar-refractivity contribution in [3.63, 3.8) is 0 Å². The van der Waals surface area contributed by atoms with Crippen molar-refractivity contribution < 1.29 is 0 Å². The van der Waals surface area contributed by atoms with Crippen molar-refractivity contribution in [3.05, 3.63) is 33.8 Å². The summed E-state index contributed by atoms with van der Waals surface area (Å²) in [5.74, 6) is 1.70. The standard InChI is InChI=1S/C16H24BrN/c1-11-4-7-13(8-5-11)16(18-3)14-9-6-12(2)10-15(14)17/h6,9-11,13,16,18H,4-5,7-8H2,1-3H3. The fraction of sp³-hybridized carbons (Fsp3) is 0.625. The van der Waals surface area contributed by atoms with E-state index in [9.17, 15) is 0 Å². The van der Waals surface area contributed by atoms with Gasteiger partial charge in [-0.2, -0.15) is 0 Å². The maximum atomic E-state index is 3.73. The maximum absolute atomic E-state index is 3.73. The summed E-state index contributed by atoms with van der Waals surface area (Å²) in [6, 6.07) is 7.21. The number of benzene rings is 1. The van der Waals surface area contributed by atoms with Crippen LogP contribution in [0.25, 0.3) is 0 Å². The fourth-order valence-electron chi connectivity index (χ4n) is 3.15. The average Bonchev–Trinajstić information content (AvgIpc) is 2.35. The molecule has 1 aliphatic rings. The van der Waals surface area contributed by atoms with Gasteiger partial charge in [0.25, 0.3) is 0 Å². The summed E-state index contributed by atoms with van der Waals surface area (Å²) in [5, 5.41) is 3.53. The Bertz CT molecular complexity index is 394. The van der Waals surface area contributed by atoms with E-state index in [1.54, 1.807) is 0 Å². The molecule has 1 nitrogen and oxygen atoms in total. The number of hydrogen-bond donors (Lipinski definition) is 1. The van der Waals surface area contributed by atoms with Crippen LogP contribution in [0.4, 0.5) is 0 Å². The molecule has 1 aliphatic carbocycles. The Hall–Kier alpha value is -0.340. The summed E-state index contributed by atoms with van der Waals surface area (Å²) in [5.41, 5.74) is 2.74. The van der Waals surface area contributed by atoms with Gasteiger partial charge in [0.2, 0.25) is 0 Å². The molecule has 1 aromatic carbocycles. The van der Waals surface area contributed by atoms with Gasteiger partial charge < -0.3 is 5.32 Å². The van der Waals surface area contributed by atoms with Crippen LogP contribution in [0.15, 0.2) is 22.7 Å². The molecule has 1 atom stereocenters. The van der Waals surface area contributed by atoms with E-state index >= 15 is 0 Å². The van der Waals surface area contributed by atoms with Crippen molar-refractivity contribution in [2.75, 3.05) is 7.05 Å². The van der Waals surface area contributed by atoms with E-state index in [0.29, 0.717) is 6.04 Å². The number of halogens is 1. The van der Waals surface area contributed by atoms with Gasteiger partial charge in [-0.15, -0.1) is 0 Å². The van der Waals surface area contributed by atoms with Gasteiger partial charge in [-0.3, -0.25) is 0 Å². The Labute approximate surface area is 119 Å². The summed E-state index contributed by atoms with van der Waals surface area (Å²) in [6.07, 6.45) is 5.47. The zero-order valence-electron chi connectivity index (χ0n) is 11.7. The van der Waals surface area contributed by atoms with Crippen LogP contribution in [0, 0.1) is 18.8 Å². The lowest BCUT2D eigenvalue weighted by Crippen LogP contribution is -2.28. The zero-order chi connectivity index (χ0) is 13.1. The van der Waals surface area contributed by atoms with Gasteiger partial charge in [0, 0.05) is 10.5 Å². The van der Waals surface area contributed by atoms with Crippen LogP contribution in [0.5, 0.6) is 0 Å². The van der Waals surface area contributed by atoms with E-state index in [1.165, 1.54) is 41.3 Å². The monoisotopic (exact) mass is 309 g/mol. The van der Waals surface area contributed by atoms with Crippen molar-refractivity contribution in [2.45, 2.75) is 45.6 Å².